The molecule has 72 heavy (non-hydrogen) atoms. The summed E-state index contributed by atoms with van der Waals surface area (Å²) >= 11 is 15.4. The van der Waals surface area contributed by atoms with E-state index in [0.29, 0.717) is 88.7 Å². The average molecular weight is 1260 g/mol. The molecule has 4 aromatic rings. The topological polar surface area (TPSA) is 274 Å². The second-order valence-electron chi connectivity index (χ2n) is 15.9. The van der Waals surface area contributed by atoms with Gasteiger partial charge in [0.15, 0.2) is 0 Å². The van der Waals surface area contributed by atoms with Gasteiger partial charge in [-0.05, 0) is 134 Å². The van der Waals surface area contributed by atoms with E-state index >= 15 is 0 Å². The lowest BCUT2D eigenvalue weighted by molar-refractivity contribution is -0.141. The van der Waals surface area contributed by atoms with Crippen molar-refractivity contribution in [2.45, 2.75) is 77.0 Å². The lowest BCUT2D eigenvalue weighted by Crippen LogP contribution is -2.19. The summed E-state index contributed by atoms with van der Waals surface area (Å²) in [5.74, 6) is -4.84. The first-order chi connectivity index (χ1) is 34.3. The van der Waals surface area contributed by atoms with E-state index in [9.17, 15) is 38.4 Å². The Morgan fingerprint density at radius 2 is 0.500 bits per heavy atom. The lowest BCUT2D eigenvalue weighted by Gasteiger charge is -2.09. The Hall–Kier alpha value is -5.72. The Morgan fingerprint density at radius 1 is 0.292 bits per heavy atom. The van der Waals surface area contributed by atoms with Crippen molar-refractivity contribution in [3.8, 4) is 0 Å². The van der Waals surface area contributed by atoms with Gasteiger partial charge in [0, 0.05) is 25.7 Å². The number of carbonyl (C=O) groups is 8. The molecule has 24 heteroatoms. The van der Waals surface area contributed by atoms with E-state index in [4.69, 9.17) is 37.9 Å². The quantitative estimate of drug-likeness (QED) is 0.0732. The first kappa shape index (κ1) is 57.2. The number of halogens is 4. The van der Waals surface area contributed by atoms with Crippen LogP contribution in [0.25, 0.3) is 17.9 Å². The molecule has 0 spiro atoms. The van der Waals surface area contributed by atoms with E-state index < -0.39 is 47.8 Å². The largest absolute Gasteiger partial charge is 0.469 e. The maximum Gasteiger partial charge on any atom is 0.310 e. The lowest BCUT2D eigenvalue weighted by atomic mass is 9.97. The normalized spacial score (nSPS) is 12.1. The highest BCUT2D eigenvalue weighted by Gasteiger charge is 2.31. The van der Waals surface area contributed by atoms with Crippen LogP contribution in [0.5, 0.6) is 0 Å². The Labute approximate surface area is 445 Å². The monoisotopic (exact) mass is 1260 g/mol. The van der Waals surface area contributed by atoms with Crippen LogP contribution in [0.4, 0.5) is 0 Å². The Bertz CT molecular complexity index is 2880. The minimum absolute atomic E-state index is 0.000573. The fraction of sp³-hybridized carbons (Fsp3) is 0.417. The number of esters is 8. The molecule has 20 nitrogen and oxygen atoms in total. The van der Waals surface area contributed by atoms with E-state index in [1.54, 1.807) is 0 Å². The Morgan fingerprint density at radius 3 is 0.750 bits per heavy atom. The van der Waals surface area contributed by atoms with Gasteiger partial charge in [0.1, 0.15) is 0 Å². The summed E-state index contributed by atoms with van der Waals surface area (Å²) in [6, 6.07) is 0. The minimum Gasteiger partial charge on any atom is -0.469 e. The molecular formula is C48H52Br4N4O16. The molecule has 4 N–H and O–H groups in total. The molecule has 0 saturated carbocycles. The van der Waals surface area contributed by atoms with Gasteiger partial charge >= 0.3 is 47.8 Å². The highest BCUT2D eigenvalue weighted by molar-refractivity contribution is 9.15. The van der Waals surface area contributed by atoms with Gasteiger partial charge in [-0.15, -0.1) is 0 Å². The summed E-state index contributed by atoms with van der Waals surface area (Å²) in [4.78, 5) is 119. The van der Waals surface area contributed by atoms with Crippen LogP contribution in [0.2, 0.25) is 0 Å². The van der Waals surface area contributed by atoms with Crippen LogP contribution in [0, 0.1) is 0 Å². The van der Waals surface area contributed by atoms with E-state index in [1.165, 1.54) is 56.9 Å². The molecule has 0 aliphatic carbocycles. The maximum atomic E-state index is 13.5. The predicted octanol–water partition coefficient (Wildman–Crippen LogP) is 2.80. The van der Waals surface area contributed by atoms with Gasteiger partial charge in [0.25, 0.3) is 0 Å². The summed E-state index contributed by atoms with van der Waals surface area (Å²) in [7, 11) is 9.90. The van der Waals surface area contributed by atoms with Gasteiger partial charge in [0.2, 0.25) is 0 Å². The van der Waals surface area contributed by atoms with Crippen molar-refractivity contribution in [1.29, 1.82) is 0 Å². The Balaban J connectivity index is 2.24. The van der Waals surface area contributed by atoms with Crippen molar-refractivity contribution in [2.75, 3.05) is 56.9 Å². The molecule has 4 aromatic heterocycles. The third-order valence-corrected chi connectivity index (χ3v) is 15.2. The zero-order valence-corrected chi connectivity index (χ0v) is 46.9. The van der Waals surface area contributed by atoms with Gasteiger partial charge in [-0.1, -0.05) is 0 Å². The molecular weight excluding hydrogens is 1210 g/mol. The fourth-order valence-corrected chi connectivity index (χ4v) is 11.1. The van der Waals surface area contributed by atoms with Crippen molar-refractivity contribution in [3.05, 3.63) is 88.7 Å². The van der Waals surface area contributed by atoms with E-state index in [0.717, 1.165) is 0 Å². The van der Waals surface area contributed by atoms with Crippen molar-refractivity contribution >= 4 is 129 Å². The van der Waals surface area contributed by atoms with Crippen molar-refractivity contribution in [1.82, 2.24) is 19.9 Å². The Kier molecular flexibility index (Phi) is 20.5. The summed E-state index contributed by atoms with van der Waals surface area (Å²) in [6.07, 6.45) is -1.96. The van der Waals surface area contributed by atoms with Gasteiger partial charge < -0.3 is 57.8 Å². The van der Waals surface area contributed by atoms with Crippen molar-refractivity contribution < 1.29 is 76.3 Å². The molecule has 0 saturated heterocycles. The number of nitrogens with one attached hydrogen (secondary N) is 4. The highest BCUT2D eigenvalue weighted by Crippen LogP contribution is 2.37. The van der Waals surface area contributed by atoms with Crippen molar-refractivity contribution in [3.63, 3.8) is 0 Å². The van der Waals surface area contributed by atoms with Gasteiger partial charge in [-0.3, -0.25) is 38.4 Å². The SMILES string of the molecule is COC(=O)CCc1c2[nH]c(c1CC(=O)OC)C(Br)=c1[nH]c(c(CC(=O)OC)c1CCC(=O)OC)=C(Br)c1[nH]c(c(CC(=O)OC)c1CCC(=O)OC)C(Br)=c1[nH]c(c(CC(=O)OC)c1CCC(=O)OC)=C2Br. The third-order valence-electron chi connectivity index (χ3n) is 12.0. The molecule has 0 radical (unpaired) electrons. The van der Waals surface area contributed by atoms with Gasteiger partial charge in [-0.2, -0.15) is 0 Å². The molecule has 5 heterocycles. The molecule has 1 aliphatic rings. The van der Waals surface area contributed by atoms with Crippen LogP contribution in [0.3, 0.4) is 0 Å². The van der Waals surface area contributed by atoms with E-state index in [-0.39, 0.29) is 95.0 Å². The van der Waals surface area contributed by atoms with Crippen LogP contribution in [0.1, 0.15) is 93.0 Å². The smallest absolute Gasteiger partial charge is 0.310 e. The minimum atomic E-state index is -0.647. The van der Waals surface area contributed by atoms with Crippen LogP contribution in [-0.2, 0) is 128 Å². The summed E-state index contributed by atoms with van der Waals surface area (Å²) in [5.41, 5.74) is 4.52. The summed E-state index contributed by atoms with van der Waals surface area (Å²) in [6.45, 7) is 0. The molecule has 388 valence electrons. The predicted molar refractivity (Wildman–Crippen MR) is 272 cm³/mol. The first-order valence-corrected chi connectivity index (χ1v) is 25.1. The average Bonchev–Trinajstić information content (AvgIpc) is 4.14. The van der Waals surface area contributed by atoms with Gasteiger partial charge in [0.05, 0.1) is 145 Å². The molecule has 0 aromatic carbocycles. The van der Waals surface area contributed by atoms with Crippen LogP contribution in [0.15, 0.2) is 0 Å². The van der Waals surface area contributed by atoms with Crippen LogP contribution in [-0.4, -0.2) is 125 Å². The van der Waals surface area contributed by atoms with E-state index in [1.807, 2.05) is 0 Å². The number of aromatic nitrogens is 4. The van der Waals surface area contributed by atoms with E-state index in [2.05, 4.69) is 83.7 Å². The number of carbonyl (C=O) groups excluding carboxylic acids is 8. The number of hydrogen-bond acceptors (Lipinski definition) is 16. The zero-order chi connectivity index (χ0) is 53.1. The number of aromatic amines is 4. The summed E-state index contributed by atoms with van der Waals surface area (Å²) < 4.78 is 42.1. The zero-order valence-electron chi connectivity index (χ0n) is 40.5. The number of hydrogen-bond donors (Lipinski definition) is 4. The number of fused-ring (bicyclic) bond motifs is 8. The number of H-pyrrole nitrogens is 4. The van der Waals surface area contributed by atoms with Crippen LogP contribution < -0.4 is 21.4 Å². The molecule has 8 bridgehead atoms. The van der Waals surface area contributed by atoms with Crippen molar-refractivity contribution in [2.24, 2.45) is 0 Å². The molecule has 0 unspecified atom stereocenters. The second-order valence-corrected chi connectivity index (χ2v) is 19.1. The number of ether oxygens (including phenoxy) is 8. The molecule has 0 fully saturated rings. The molecule has 1 aliphatic heterocycles. The second kappa shape index (κ2) is 25.8. The number of rotatable bonds is 20. The number of methoxy groups -OCH3 is 8. The van der Waals surface area contributed by atoms with Crippen LogP contribution >= 0.6 is 63.7 Å². The summed E-state index contributed by atoms with van der Waals surface area (Å²) in [5, 5.41) is 1.26. The highest BCUT2D eigenvalue weighted by atomic mass is 79.9. The maximum absolute atomic E-state index is 13.5. The third kappa shape index (κ3) is 12.7. The molecule has 5 rings (SSSR count). The molecule has 0 atom stereocenters. The van der Waals surface area contributed by atoms with Gasteiger partial charge in [-0.25, -0.2) is 0 Å². The fourth-order valence-electron chi connectivity index (χ4n) is 8.38. The first-order valence-electron chi connectivity index (χ1n) is 21.9. The molecule has 0 amide bonds. The standard InChI is InChI=1S/C48H52Br4N4O16/c1-65-29(57)13-9-21-25(17-33(61)69-5)45-38(50)42-23(11-15-31(59)67-3)27(19-35(63)71-7)47(55-42)40(52)44-24(12-16-32(60)68-4)28(20-36(64)72-8)48(56-44)39(51)43-22(10-14-30(58)66-2)26(18-34(62)70-6)46(54-43)37(49)41(21)53-45/h53-56H,9-20H2,1-8H3.